The minimum Gasteiger partial charge on any atom is -0.497 e. The van der Waals surface area contributed by atoms with Crippen LogP contribution in [0.3, 0.4) is 0 Å². The van der Waals surface area contributed by atoms with Crippen LogP contribution in [0.1, 0.15) is 12.0 Å². The van der Waals surface area contributed by atoms with Crippen LogP contribution in [0, 0.1) is 11.3 Å². The average molecular weight is 369 g/mol. The van der Waals surface area contributed by atoms with Crippen LogP contribution in [0.4, 0.5) is 5.69 Å². The first kappa shape index (κ1) is 17.8. The Morgan fingerprint density at radius 1 is 1.19 bits per heavy atom. The molecule has 0 atom stereocenters. The standard InChI is InChI=1S/C19H19N3O3S/c1-25-15-9-10-16-17(4-3-11-20)19(21-18(16)12-15)13-5-7-14(8-6-13)22-26(2,23)24/h5-10,12,21-22H,3-4H2,1-2H3. The van der Waals surface area contributed by atoms with Gasteiger partial charge in [0.25, 0.3) is 0 Å². The first-order valence-electron chi connectivity index (χ1n) is 8.05. The van der Waals surface area contributed by atoms with Gasteiger partial charge in [0.05, 0.1) is 19.4 Å². The number of nitrogens with one attached hydrogen (secondary N) is 2. The van der Waals surface area contributed by atoms with Crippen molar-refractivity contribution in [3.63, 3.8) is 0 Å². The summed E-state index contributed by atoms with van der Waals surface area (Å²) >= 11 is 0. The van der Waals surface area contributed by atoms with E-state index in [0.717, 1.165) is 39.7 Å². The predicted octanol–water partition coefficient (Wildman–Crippen LogP) is 3.67. The molecule has 3 rings (SSSR count). The number of nitrogens with zero attached hydrogens (tertiary/aromatic N) is 1. The molecule has 0 aliphatic heterocycles. The second-order valence-electron chi connectivity index (χ2n) is 6.00. The van der Waals surface area contributed by atoms with Crippen molar-refractivity contribution in [2.75, 3.05) is 18.1 Å². The Hall–Kier alpha value is -2.98. The summed E-state index contributed by atoms with van der Waals surface area (Å²) in [6.45, 7) is 0. The number of nitriles is 1. The molecule has 7 heteroatoms. The Kier molecular flexibility index (Phi) is 4.87. The Bertz CT molecular complexity index is 1080. The van der Waals surface area contributed by atoms with Gasteiger partial charge in [-0.2, -0.15) is 5.26 Å². The average Bonchev–Trinajstić information content (AvgIpc) is 2.96. The minimum atomic E-state index is -3.31. The highest BCUT2D eigenvalue weighted by atomic mass is 32.2. The molecule has 0 fully saturated rings. The fourth-order valence-electron chi connectivity index (χ4n) is 2.97. The number of hydrogen-bond donors (Lipinski definition) is 2. The molecular formula is C19H19N3O3S. The molecule has 3 aromatic rings. The molecule has 1 heterocycles. The second kappa shape index (κ2) is 7.10. The zero-order valence-corrected chi connectivity index (χ0v) is 15.4. The first-order valence-corrected chi connectivity index (χ1v) is 9.94. The van der Waals surface area contributed by atoms with Gasteiger partial charge in [0, 0.05) is 34.8 Å². The quantitative estimate of drug-likeness (QED) is 0.693. The van der Waals surface area contributed by atoms with Gasteiger partial charge >= 0.3 is 0 Å². The number of H-pyrrole nitrogens is 1. The van der Waals surface area contributed by atoms with E-state index in [4.69, 9.17) is 10.00 Å². The largest absolute Gasteiger partial charge is 0.497 e. The normalized spacial score (nSPS) is 11.3. The number of fused-ring (bicyclic) bond motifs is 1. The number of aromatic nitrogens is 1. The maximum absolute atomic E-state index is 11.3. The highest BCUT2D eigenvalue weighted by molar-refractivity contribution is 7.92. The van der Waals surface area contributed by atoms with Crippen molar-refractivity contribution < 1.29 is 13.2 Å². The third-order valence-corrected chi connectivity index (χ3v) is 4.68. The molecule has 0 aliphatic carbocycles. The van der Waals surface area contributed by atoms with Gasteiger partial charge in [0.2, 0.25) is 10.0 Å². The van der Waals surface area contributed by atoms with Crippen LogP contribution in [0.15, 0.2) is 42.5 Å². The van der Waals surface area contributed by atoms with Crippen molar-refractivity contribution in [2.24, 2.45) is 0 Å². The zero-order chi connectivity index (χ0) is 18.7. The Morgan fingerprint density at radius 3 is 2.54 bits per heavy atom. The fourth-order valence-corrected chi connectivity index (χ4v) is 3.53. The van der Waals surface area contributed by atoms with Gasteiger partial charge in [0.15, 0.2) is 0 Å². The maximum atomic E-state index is 11.3. The zero-order valence-electron chi connectivity index (χ0n) is 14.5. The van der Waals surface area contributed by atoms with Gasteiger partial charge in [-0.05, 0) is 41.8 Å². The molecule has 6 nitrogen and oxygen atoms in total. The summed E-state index contributed by atoms with van der Waals surface area (Å²) in [5.41, 5.74) is 4.35. The van der Waals surface area contributed by atoms with Gasteiger partial charge in [0.1, 0.15) is 5.75 Å². The van der Waals surface area contributed by atoms with Crippen molar-refractivity contribution in [1.29, 1.82) is 5.26 Å². The summed E-state index contributed by atoms with van der Waals surface area (Å²) in [6.07, 6.45) is 2.16. The lowest BCUT2D eigenvalue weighted by atomic mass is 10.0. The number of benzene rings is 2. The highest BCUT2D eigenvalue weighted by Crippen LogP contribution is 2.33. The molecule has 0 aliphatic rings. The van der Waals surface area contributed by atoms with Crippen LogP contribution >= 0.6 is 0 Å². The van der Waals surface area contributed by atoms with Crippen LogP contribution in [0.5, 0.6) is 5.75 Å². The van der Waals surface area contributed by atoms with Gasteiger partial charge in [-0.25, -0.2) is 8.42 Å². The molecule has 0 unspecified atom stereocenters. The monoisotopic (exact) mass is 369 g/mol. The third-order valence-electron chi connectivity index (χ3n) is 4.08. The Labute approximate surface area is 152 Å². The number of methoxy groups -OCH3 is 1. The van der Waals surface area contributed by atoms with Crippen molar-refractivity contribution >= 4 is 26.6 Å². The van der Waals surface area contributed by atoms with E-state index in [-0.39, 0.29) is 0 Å². The SMILES string of the molecule is COc1ccc2c(CCC#N)c(-c3ccc(NS(C)(=O)=O)cc3)[nH]c2c1. The summed E-state index contributed by atoms with van der Waals surface area (Å²) in [6, 6.07) is 15.1. The van der Waals surface area contributed by atoms with Crippen LogP contribution in [0.25, 0.3) is 22.2 Å². The number of aromatic amines is 1. The smallest absolute Gasteiger partial charge is 0.229 e. The van der Waals surface area contributed by atoms with E-state index in [1.165, 1.54) is 0 Å². The van der Waals surface area contributed by atoms with E-state index < -0.39 is 10.0 Å². The Morgan fingerprint density at radius 2 is 1.92 bits per heavy atom. The number of anilines is 1. The number of sulfonamides is 1. The molecule has 2 N–H and O–H groups in total. The topological polar surface area (TPSA) is 95.0 Å². The number of rotatable bonds is 6. The molecule has 134 valence electrons. The summed E-state index contributed by atoms with van der Waals surface area (Å²) in [5, 5.41) is 10.0. The van der Waals surface area contributed by atoms with Crippen molar-refractivity contribution in [3.8, 4) is 23.1 Å². The minimum absolute atomic E-state index is 0.416. The van der Waals surface area contributed by atoms with Gasteiger partial charge in [-0.1, -0.05) is 12.1 Å². The molecule has 0 amide bonds. The predicted molar refractivity (Wildman–Crippen MR) is 103 cm³/mol. The third kappa shape index (κ3) is 3.81. The van der Waals surface area contributed by atoms with Crippen LogP contribution in [-0.2, 0) is 16.4 Å². The lowest BCUT2D eigenvalue weighted by Gasteiger charge is -2.07. The van der Waals surface area contributed by atoms with Crippen LogP contribution in [0.2, 0.25) is 0 Å². The second-order valence-corrected chi connectivity index (χ2v) is 7.75. The van der Waals surface area contributed by atoms with E-state index in [1.54, 1.807) is 19.2 Å². The summed E-state index contributed by atoms with van der Waals surface area (Å²) in [7, 11) is -1.69. The number of ether oxygens (including phenoxy) is 1. The van der Waals surface area contributed by atoms with Crippen molar-refractivity contribution in [1.82, 2.24) is 4.98 Å². The Balaban J connectivity index is 2.06. The molecule has 0 bridgehead atoms. The van der Waals surface area contributed by atoms with Gasteiger partial charge in [-0.3, -0.25) is 4.72 Å². The lowest BCUT2D eigenvalue weighted by molar-refractivity contribution is 0.415. The lowest BCUT2D eigenvalue weighted by Crippen LogP contribution is -2.09. The van der Waals surface area contributed by atoms with Crippen LogP contribution in [-0.4, -0.2) is 26.8 Å². The molecule has 0 radical (unpaired) electrons. The number of hydrogen-bond acceptors (Lipinski definition) is 4. The molecule has 0 saturated carbocycles. The van der Waals surface area contributed by atoms with Gasteiger partial charge < -0.3 is 9.72 Å². The van der Waals surface area contributed by atoms with Crippen molar-refractivity contribution in [2.45, 2.75) is 12.8 Å². The van der Waals surface area contributed by atoms with Crippen LogP contribution < -0.4 is 9.46 Å². The summed E-state index contributed by atoms with van der Waals surface area (Å²) < 4.78 is 30.4. The van der Waals surface area contributed by atoms with E-state index in [0.29, 0.717) is 18.5 Å². The van der Waals surface area contributed by atoms with E-state index >= 15 is 0 Å². The number of aryl methyl sites for hydroxylation is 1. The van der Waals surface area contributed by atoms with Gasteiger partial charge in [-0.15, -0.1) is 0 Å². The summed E-state index contributed by atoms with van der Waals surface area (Å²) in [4.78, 5) is 3.40. The van der Waals surface area contributed by atoms with Crippen molar-refractivity contribution in [3.05, 3.63) is 48.0 Å². The highest BCUT2D eigenvalue weighted by Gasteiger charge is 2.14. The molecule has 0 saturated heterocycles. The summed E-state index contributed by atoms with van der Waals surface area (Å²) in [5.74, 6) is 0.754. The maximum Gasteiger partial charge on any atom is 0.229 e. The van der Waals surface area contributed by atoms with E-state index in [1.807, 2.05) is 30.3 Å². The molecule has 0 spiro atoms. The molecule has 1 aromatic heterocycles. The molecule has 26 heavy (non-hydrogen) atoms. The molecular weight excluding hydrogens is 350 g/mol. The fraction of sp³-hybridized carbons (Fsp3) is 0.211. The first-order chi connectivity index (χ1) is 12.4. The van der Waals surface area contributed by atoms with E-state index in [2.05, 4.69) is 15.8 Å². The molecule has 2 aromatic carbocycles. The van der Waals surface area contributed by atoms with E-state index in [9.17, 15) is 8.42 Å².